The molecule has 0 radical (unpaired) electrons. The van der Waals surface area contributed by atoms with E-state index in [2.05, 4.69) is 36.2 Å². The van der Waals surface area contributed by atoms with Gasteiger partial charge in [-0.2, -0.15) is 0 Å². The maximum Gasteiger partial charge on any atom is 0.224 e. The first-order chi connectivity index (χ1) is 16.2. The Labute approximate surface area is 193 Å². The van der Waals surface area contributed by atoms with E-state index < -0.39 is 0 Å². The largest absolute Gasteiger partial charge is 0.489 e. The number of aromatic nitrogens is 4. The number of hydrogen-bond donors (Lipinski definition) is 1. The number of morpholine rings is 1. The van der Waals surface area contributed by atoms with Gasteiger partial charge in [-0.15, -0.1) is 0 Å². The van der Waals surface area contributed by atoms with Crippen LogP contribution in [0, 0.1) is 6.92 Å². The Balaban J connectivity index is 1.23. The molecule has 1 amide bonds. The molecule has 1 aliphatic rings. The molecule has 0 spiro atoms. The molecule has 0 bridgehead atoms. The van der Waals surface area contributed by atoms with Crippen LogP contribution in [0.15, 0.2) is 49.1 Å². The molecule has 33 heavy (non-hydrogen) atoms. The zero-order valence-electron chi connectivity index (χ0n) is 18.7. The number of carbonyl (C=O) groups excluding carboxylic acids is 1. The topological polar surface area (TPSA) is 102 Å². The van der Waals surface area contributed by atoms with Crippen molar-refractivity contribution in [1.29, 1.82) is 0 Å². The molecule has 3 heterocycles. The van der Waals surface area contributed by atoms with E-state index in [0.717, 1.165) is 44.0 Å². The zero-order valence-corrected chi connectivity index (χ0v) is 18.7. The van der Waals surface area contributed by atoms with Gasteiger partial charge in [-0.25, -0.2) is 19.9 Å². The summed E-state index contributed by atoms with van der Waals surface area (Å²) >= 11 is 0. The smallest absolute Gasteiger partial charge is 0.224 e. The fourth-order valence-electron chi connectivity index (χ4n) is 3.46. The van der Waals surface area contributed by atoms with Gasteiger partial charge in [0.15, 0.2) is 17.4 Å². The summed E-state index contributed by atoms with van der Waals surface area (Å²) in [5, 5.41) is 2.92. The molecule has 0 saturated carbocycles. The van der Waals surface area contributed by atoms with Crippen molar-refractivity contribution >= 4 is 5.91 Å². The van der Waals surface area contributed by atoms with Crippen LogP contribution in [0.2, 0.25) is 0 Å². The van der Waals surface area contributed by atoms with E-state index in [0.29, 0.717) is 30.5 Å². The highest BCUT2D eigenvalue weighted by Crippen LogP contribution is 2.13. The Kier molecular flexibility index (Phi) is 7.89. The predicted molar refractivity (Wildman–Crippen MR) is 123 cm³/mol. The summed E-state index contributed by atoms with van der Waals surface area (Å²) in [4.78, 5) is 31.8. The van der Waals surface area contributed by atoms with Gasteiger partial charge in [0, 0.05) is 38.6 Å². The molecule has 9 heteroatoms. The highest BCUT2D eigenvalue weighted by Gasteiger charge is 2.11. The first-order valence-corrected chi connectivity index (χ1v) is 11.0. The van der Waals surface area contributed by atoms with Crippen LogP contribution < -0.4 is 10.1 Å². The van der Waals surface area contributed by atoms with E-state index in [4.69, 9.17) is 9.47 Å². The Hall–Kier alpha value is -3.43. The van der Waals surface area contributed by atoms with Crippen molar-refractivity contribution in [2.24, 2.45) is 0 Å². The number of rotatable bonds is 9. The molecule has 1 aliphatic heterocycles. The van der Waals surface area contributed by atoms with Crippen molar-refractivity contribution in [3.05, 3.63) is 65.7 Å². The van der Waals surface area contributed by atoms with E-state index in [1.54, 1.807) is 24.8 Å². The summed E-state index contributed by atoms with van der Waals surface area (Å²) in [6, 6.07) is 8.06. The fraction of sp³-hybridized carbons (Fsp3) is 0.375. The van der Waals surface area contributed by atoms with Gasteiger partial charge in [0.25, 0.3) is 0 Å². The normalized spacial score (nSPS) is 14.1. The summed E-state index contributed by atoms with van der Waals surface area (Å²) in [6.45, 7) is 7.34. The lowest BCUT2D eigenvalue weighted by atomic mass is 10.1. The Morgan fingerprint density at radius 3 is 2.42 bits per heavy atom. The summed E-state index contributed by atoms with van der Waals surface area (Å²) in [5.41, 5.74) is 2.96. The Morgan fingerprint density at radius 1 is 1.03 bits per heavy atom. The van der Waals surface area contributed by atoms with Crippen molar-refractivity contribution in [2.75, 3.05) is 39.5 Å². The van der Waals surface area contributed by atoms with Crippen LogP contribution in [0.5, 0.6) is 5.75 Å². The van der Waals surface area contributed by atoms with Crippen molar-refractivity contribution < 1.29 is 14.3 Å². The second kappa shape index (κ2) is 11.4. The Morgan fingerprint density at radius 2 is 1.73 bits per heavy atom. The van der Waals surface area contributed by atoms with Crippen molar-refractivity contribution in [3.8, 4) is 17.4 Å². The van der Waals surface area contributed by atoms with Gasteiger partial charge in [0.1, 0.15) is 6.61 Å². The minimum atomic E-state index is -0.0808. The van der Waals surface area contributed by atoms with Crippen molar-refractivity contribution in [1.82, 2.24) is 30.2 Å². The molecule has 0 aliphatic carbocycles. The molecular weight excluding hydrogens is 420 g/mol. The number of aryl methyl sites for hydroxylation is 1. The molecule has 0 unspecified atom stereocenters. The minimum Gasteiger partial charge on any atom is -0.489 e. The van der Waals surface area contributed by atoms with Gasteiger partial charge < -0.3 is 14.8 Å². The Bertz CT molecular complexity index is 1040. The molecule has 1 saturated heterocycles. The number of carbonyl (C=O) groups is 1. The number of hydrogen-bond acceptors (Lipinski definition) is 8. The monoisotopic (exact) mass is 448 g/mol. The number of nitrogens with zero attached hydrogens (tertiary/aromatic N) is 5. The summed E-state index contributed by atoms with van der Waals surface area (Å²) < 4.78 is 11.1. The molecule has 1 fully saturated rings. The van der Waals surface area contributed by atoms with Crippen LogP contribution in [-0.4, -0.2) is 70.2 Å². The molecule has 172 valence electrons. The third-order valence-corrected chi connectivity index (χ3v) is 5.25. The molecule has 2 aromatic heterocycles. The van der Waals surface area contributed by atoms with E-state index in [1.807, 2.05) is 25.1 Å². The lowest BCUT2D eigenvalue weighted by Crippen LogP contribution is -2.38. The zero-order chi connectivity index (χ0) is 22.9. The van der Waals surface area contributed by atoms with Crippen LogP contribution >= 0.6 is 0 Å². The third kappa shape index (κ3) is 7.03. The van der Waals surface area contributed by atoms with Crippen molar-refractivity contribution in [2.45, 2.75) is 19.9 Å². The maximum atomic E-state index is 12.2. The van der Waals surface area contributed by atoms with E-state index in [-0.39, 0.29) is 12.3 Å². The van der Waals surface area contributed by atoms with Gasteiger partial charge in [-0.3, -0.25) is 9.69 Å². The van der Waals surface area contributed by atoms with Gasteiger partial charge in [-0.05, 0) is 18.1 Å². The number of nitrogens with one attached hydrogen (secondary N) is 1. The van der Waals surface area contributed by atoms with Crippen LogP contribution in [-0.2, 0) is 22.5 Å². The summed E-state index contributed by atoms with van der Waals surface area (Å²) in [5.74, 6) is 1.33. The summed E-state index contributed by atoms with van der Waals surface area (Å²) in [6.07, 6.45) is 6.72. The average molecular weight is 449 g/mol. The first kappa shape index (κ1) is 22.8. The third-order valence-electron chi connectivity index (χ3n) is 5.25. The molecule has 9 nitrogen and oxygen atoms in total. The number of ether oxygens (including phenoxy) is 2. The van der Waals surface area contributed by atoms with Crippen LogP contribution in [0.3, 0.4) is 0 Å². The standard InChI is InChI=1S/C24H28N6O3/c1-18-3-2-4-19(11-18)13-25-22(31)12-20-14-26-23(27-15-20)24-28-16-21(17-29-24)33-10-7-30-5-8-32-9-6-30/h2-4,11,14-17H,5-10,12-13H2,1H3,(H,25,31). The molecule has 3 aromatic rings. The molecule has 4 rings (SSSR count). The second-order valence-corrected chi connectivity index (χ2v) is 7.90. The summed E-state index contributed by atoms with van der Waals surface area (Å²) in [7, 11) is 0. The van der Waals surface area contributed by atoms with Gasteiger partial charge in [-0.1, -0.05) is 29.8 Å². The second-order valence-electron chi connectivity index (χ2n) is 7.90. The molecule has 1 N–H and O–H groups in total. The van der Waals surface area contributed by atoms with Gasteiger partial charge >= 0.3 is 0 Å². The van der Waals surface area contributed by atoms with Gasteiger partial charge in [0.2, 0.25) is 5.91 Å². The number of amides is 1. The van der Waals surface area contributed by atoms with Crippen LogP contribution in [0.25, 0.3) is 11.6 Å². The average Bonchev–Trinajstić information content (AvgIpc) is 2.85. The minimum absolute atomic E-state index is 0.0808. The molecule has 1 aromatic carbocycles. The first-order valence-electron chi connectivity index (χ1n) is 11.0. The molecular formula is C24H28N6O3. The predicted octanol–water partition coefficient (Wildman–Crippen LogP) is 1.81. The fourth-order valence-corrected chi connectivity index (χ4v) is 3.46. The van der Waals surface area contributed by atoms with Crippen LogP contribution in [0.4, 0.5) is 0 Å². The number of benzene rings is 1. The van der Waals surface area contributed by atoms with Gasteiger partial charge in [0.05, 0.1) is 32.0 Å². The van der Waals surface area contributed by atoms with Crippen LogP contribution in [0.1, 0.15) is 16.7 Å². The van der Waals surface area contributed by atoms with E-state index >= 15 is 0 Å². The maximum absolute atomic E-state index is 12.2. The van der Waals surface area contributed by atoms with E-state index in [1.165, 1.54) is 5.56 Å². The highest BCUT2D eigenvalue weighted by atomic mass is 16.5. The van der Waals surface area contributed by atoms with Crippen molar-refractivity contribution in [3.63, 3.8) is 0 Å². The molecule has 0 atom stereocenters. The van der Waals surface area contributed by atoms with E-state index in [9.17, 15) is 4.79 Å². The quantitative estimate of drug-likeness (QED) is 0.529. The highest BCUT2D eigenvalue weighted by molar-refractivity contribution is 5.78. The lowest BCUT2D eigenvalue weighted by Gasteiger charge is -2.26. The lowest BCUT2D eigenvalue weighted by molar-refractivity contribution is -0.120. The SMILES string of the molecule is Cc1cccc(CNC(=O)Cc2cnc(-c3ncc(OCCN4CCOCC4)cn3)nc2)c1.